The summed E-state index contributed by atoms with van der Waals surface area (Å²) in [5.74, 6) is 0.301. The summed E-state index contributed by atoms with van der Waals surface area (Å²) in [4.78, 5) is 4.06. The average Bonchev–Trinajstić information content (AvgIpc) is 2.40. The Hall–Kier alpha value is -2.55. The summed E-state index contributed by atoms with van der Waals surface area (Å²) >= 11 is 0. The molecule has 0 saturated heterocycles. The maximum absolute atomic E-state index is 5.88. The van der Waals surface area contributed by atoms with Crippen LogP contribution in [0.25, 0.3) is 11.1 Å². The highest BCUT2D eigenvalue weighted by atomic mass is 14.9. The zero-order valence-electron chi connectivity index (χ0n) is 11.9. The quantitative estimate of drug-likeness (QED) is 0.660. The van der Waals surface area contributed by atoms with Gasteiger partial charge in [-0.1, -0.05) is 24.8 Å². The summed E-state index contributed by atoms with van der Waals surface area (Å²) in [5.41, 5.74) is 17.7. The van der Waals surface area contributed by atoms with E-state index < -0.39 is 0 Å². The van der Waals surface area contributed by atoms with E-state index in [2.05, 4.69) is 36.7 Å². The van der Waals surface area contributed by atoms with Crippen LogP contribution in [-0.4, -0.2) is 6.21 Å². The van der Waals surface area contributed by atoms with Crippen molar-refractivity contribution in [3.8, 4) is 11.1 Å². The van der Waals surface area contributed by atoms with Crippen LogP contribution in [0.5, 0.6) is 0 Å². The second kappa shape index (κ2) is 5.61. The van der Waals surface area contributed by atoms with Crippen molar-refractivity contribution in [1.82, 2.24) is 0 Å². The van der Waals surface area contributed by atoms with Crippen LogP contribution in [0.2, 0.25) is 0 Å². The second-order valence-electron chi connectivity index (χ2n) is 4.90. The first-order valence-electron chi connectivity index (χ1n) is 6.43. The van der Waals surface area contributed by atoms with Gasteiger partial charge in [-0.15, -0.1) is 0 Å². The first kappa shape index (κ1) is 13.9. The van der Waals surface area contributed by atoms with E-state index in [0.29, 0.717) is 5.82 Å². The molecule has 102 valence electrons. The van der Waals surface area contributed by atoms with E-state index in [1.54, 1.807) is 6.21 Å². The van der Waals surface area contributed by atoms with Crippen molar-refractivity contribution in [2.45, 2.75) is 13.8 Å². The molecular formula is C17H19N3. The van der Waals surface area contributed by atoms with Crippen LogP contribution in [0, 0.1) is 13.8 Å². The molecule has 0 aliphatic heterocycles. The molecule has 0 spiro atoms. The summed E-state index contributed by atoms with van der Waals surface area (Å²) in [6.07, 6.45) is 1.74. The van der Waals surface area contributed by atoms with Gasteiger partial charge in [-0.2, -0.15) is 0 Å². The number of nitrogens with two attached hydrogens (primary N) is 2. The van der Waals surface area contributed by atoms with Gasteiger partial charge in [0, 0.05) is 11.9 Å². The van der Waals surface area contributed by atoms with Crippen molar-refractivity contribution in [3.63, 3.8) is 0 Å². The number of aliphatic imine (C=N–C) groups is 1. The van der Waals surface area contributed by atoms with Crippen LogP contribution < -0.4 is 11.5 Å². The van der Waals surface area contributed by atoms with Gasteiger partial charge in [0.15, 0.2) is 0 Å². The molecule has 0 radical (unpaired) electrons. The van der Waals surface area contributed by atoms with E-state index in [-0.39, 0.29) is 0 Å². The SMILES string of the molecule is C=C(N)N=Cc1cc(-c2cc(N)ccc2C)ccc1C. The molecule has 0 amide bonds. The largest absolute Gasteiger partial charge is 0.399 e. The third-order valence-electron chi connectivity index (χ3n) is 3.22. The topological polar surface area (TPSA) is 64.4 Å². The standard InChI is InChI=1S/C17H19N3/c1-11-4-6-14(8-15(11)10-20-13(3)18)17-9-16(19)7-5-12(17)2/h4-10H,3,18-19H2,1-2H3. The summed E-state index contributed by atoms with van der Waals surface area (Å²) in [6, 6.07) is 12.2. The summed E-state index contributed by atoms with van der Waals surface area (Å²) < 4.78 is 0. The predicted molar refractivity (Wildman–Crippen MR) is 86.7 cm³/mol. The molecule has 2 rings (SSSR count). The number of benzene rings is 2. The van der Waals surface area contributed by atoms with Gasteiger partial charge < -0.3 is 11.5 Å². The monoisotopic (exact) mass is 265 g/mol. The molecule has 0 fully saturated rings. The van der Waals surface area contributed by atoms with Crippen LogP contribution in [0.3, 0.4) is 0 Å². The Balaban J connectivity index is 2.51. The molecule has 3 nitrogen and oxygen atoms in total. The van der Waals surface area contributed by atoms with Crippen LogP contribution in [-0.2, 0) is 0 Å². The van der Waals surface area contributed by atoms with Crippen molar-refractivity contribution in [2.75, 3.05) is 5.73 Å². The summed E-state index contributed by atoms with van der Waals surface area (Å²) in [7, 11) is 0. The smallest absolute Gasteiger partial charge is 0.116 e. The van der Waals surface area contributed by atoms with Gasteiger partial charge in [-0.05, 0) is 59.9 Å². The third-order valence-corrected chi connectivity index (χ3v) is 3.22. The fraction of sp³-hybridized carbons (Fsp3) is 0.118. The molecular weight excluding hydrogens is 246 g/mol. The first-order valence-corrected chi connectivity index (χ1v) is 6.43. The molecule has 0 unspecified atom stereocenters. The van der Waals surface area contributed by atoms with Gasteiger partial charge in [-0.25, -0.2) is 4.99 Å². The normalized spacial score (nSPS) is 10.9. The minimum Gasteiger partial charge on any atom is -0.399 e. The average molecular weight is 265 g/mol. The number of nitrogen functional groups attached to an aromatic ring is 1. The van der Waals surface area contributed by atoms with Crippen molar-refractivity contribution >= 4 is 11.9 Å². The van der Waals surface area contributed by atoms with Gasteiger partial charge in [0.1, 0.15) is 5.82 Å². The zero-order valence-corrected chi connectivity index (χ0v) is 11.9. The molecule has 0 aromatic heterocycles. The molecule has 2 aromatic rings. The molecule has 4 N–H and O–H groups in total. The molecule has 20 heavy (non-hydrogen) atoms. The molecule has 0 atom stereocenters. The number of hydrogen-bond acceptors (Lipinski definition) is 3. The van der Waals surface area contributed by atoms with E-state index in [9.17, 15) is 0 Å². The van der Waals surface area contributed by atoms with E-state index in [1.807, 2.05) is 25.1 Å². The lowest BCUT2D eigenvalue weighted by Gasteiger charge is -2.09. The van der Waals surface area contributed by atoms with E-state index in [4.69, 9.17) is 11.5 Å². The third kappa shape index (κ3) is 3.06. The molecule has 0 aliphatic rings. The number of anilines is 1. The van der Waals surface area contributed by atoms with Gasteiger partial charge in [0.25, 0.3) is 0 Å². The summed E-state index contributed by atoms with van der Waals surface area (Å²) in [6.45, 7) is 7.68. The molecule has 2 aromatic carbocycles. The van der Waals surface area contributed by atoms with Gasteiger partial charge in [0.2, 0.25) is 0 Å². The Labute approximate surface area is 119 Å². The number of rotatable bonds is 3. The van der Waals surface area contributed by atoms with Crippen molar-refractivity contribution in [1.29, 1.82) is 0 Å². The Morgan fingerprint density at radius 3 is 2.50 bits per heavy atom. The predicted octanol–water partition coefficient (Wildman–Crippen LogP) is 3.40. The fourth-order valence-electron chi connectivity index (χ4n) is 2.05. The molecule has 0 aliphatic carbocycles. The maximum atomic E-state index is 5.88. The number of aryl methyl sites for hydroxylation is 2. The van der Waals surface area contributed by atoms with Crippen molar-refractivity contribution in [3.05, 3.63) is 65.5 Å². The van der Waals surface area contributed by atoms with Crippen molar-refractivity contribution < 1.29 is 0 Å². The maximum Gasteiger partial charge on any atom is 0.116 e. The highest BCUT2D eigenvalue weighted by Gasteiger charge is 2.05. The molecule has 3 heteroatoms. The Morgan fingerprint density at radius 2 is 1.80 bits per heavy atom. The minimum absolute atomic E-state index is 0.301. The van der Waals surface area contributed by atoms with Gasteiger partial charge >= 0.3 is 0 Å². The lowest BCUT2D eigenvalue weighted by molar-refractivity contribution is 1.27. The van der Waals surface area contributed by atoms with Gasteiger partial charge in [-0.3, -0.25) is 0 Å². The van der Waals surface area contributed by atoms with Crippen LogP contribution >= 0.6 is 0 Å². The Bertz CT molecular complexity index is 685. The van der Waals surface area contributed by atoms with Gasteiger partial charge in [0.05, 0.1) is 0 Å². The molecule has 0 saturated carbocycles. The van der Waals surface area contributed by atoms with Crippen LogP contribution in [0.15, 0.2) is 53.8 Å². The zero-order chi connectivity index (χ0) is 14.7. The Kier molecular flexibility index (Phi) is 3.89. The fourth-order valence-corrected chi connectivity index (χ4v) is 2.05. The first-order chi connectivity index (χ1) is 9.47. The molecule has 0 bridgehead atoms. The highest BCUT2D eigenvalue weighted by Crippen LogP contribution is 2.27. The minimum atomic E-state index is 0.301. The lowest BCUT2D eigenvalue weighted by atomic mass is 9.96. The van der Waals surface area contributed by atoms with E-state index in [0.717, 1.165) is 27.9 Å². The van der Waals surface area contributed by atoms with Crippen molar-refractivity contribution in [2.24, 2.45) is 10.7 Å². The number of nitrogens with zero attached hydrogens (tertiary/aromatic N) is 1. The number of hydrogen-bond donors (Lipinski definition) is 2. The van der Waals surface area contributed by atoms with E-state index in [1.165, 1.54) is 5.56 Å². The van der Waals surface area contributed by atoms with E-state index >= 15 is 0 Å². The van der Waals surface area contributed by atoms with Crippen LogP contribution in [0.1, 0.15) is 16.7 Å². The second-order valence-corrected chi connectivity index (χ2v) is 4.90. The highest BCUT2D eigenvalue weighted by molar-refractivity contribution is 5.85. The summed E-state index contributed by atoms with van der Waals surface area (Å²) in [5, 5.41) is 0. The Morgan fingerprint density at radius 1 is 1.10 bits per heavy atom. The lowest BCUT2D eigenvalue weighted by Crippen LogP contribution is -1.95. The van der Waals surface area contributed by atoms with Crippen LogP contribution in [0.4, 0.5) is 5.69 Å². The molecule has 0 heterocycles.